The van der Waals surface area contributed by atoms with Crippen LogP contribution in [0.2, 0.25) is 0 Å². The van der Waals surface area contributed by atoms with Gasteiger partial charge in [-0.1, -0.05) is 108 Å². The summed E-state index contributed by atoms with van der Waals surface area (Å²) in [6.45, 7) is 0. The number of benzene rings is 4. The minimum atomic E-state index is -1.50. The first-order valence-corrected chi connectivity index (χ1v) is 8.97. The van der Waals surface area contributed by atoms with Crippen LogP contribution >= 0.6 is 0 Å². The van der Waals surface area contributed by atoms with Crippen LogP contribution in [0.15, 0.2) is 108 Å². The number of carbonyl (C=O) groups excluding carboxylic acids is 1. The molecule has 0 spiro atoms. The van der Waals surface area contributed by atoms with E-state index >= 15 is 0 Å². The maximum Gasteiger partial charge on any atom is 0.183 e. The second kappa shape index (κ2) is 7.39. The fraction of sp³-hybridized carbons (Fsp3) is 0.0417. The highest BCUT2D eigenvalue weighted by Gasteiger charge is 2.42. The van der Waals surface area contributed by atoms with Gasteiger partial charge in [0.25, 0.3) is 0 Å². The molecule has 0 aliphatic rings. The summed E-state index contributed by atoms with van der Waals surface area (Å²) in [7, 11) is 0. The van der Waals surface area contributed by atoms with Crippen molar-refractivity contribution >= 4 is 16.6 Å². The van der Waals surface area contributed by atoms with Gasteiger partial charge in [-0.15, -0.1) is 0 Å². The molecule has 28 heavy (non-hydrogen) atoms. The van der Waals surface area contributed by atoms with E-state index in [1.165, 1.54) is 0 Å². The molecule has 4 rings (SSSR count). The average molecular weight is 363 g/mol. The molecule has 0 saturated heterocycles. The van der Waals surface area contributed by atoms with E-state index in [0.717, 1.165) is 10.8 Å². The Bertz CT molecular complexity index is 1180. The van der Waals surface area contributed by atoms with E-state index in [9.17, 15) is 10.3 Å². The molecule has 0 bridgehead atoms. The highest BCUT2D eigenvalue weighted by molar-refractivity contribution is 6.08. The zero-order chi connectivity index (χ0) is 19.4. The summed E-state index contributed by atoms with van der Waals surface area (Å²) >= 11 is 0. The molecule has 4 heteroatoms. The van der Waals surface area contributed by atoms with E-state index in [2.05, 4.69) is 10.0 Å². The van der Waals surface area contributed by atoms with Gasteiger partial charge in [-0.25, -0.2) is 0 Å². The lowest BCUT2D eigenvalue weighted by atomic mass is 9.76. The van der Waals surface area contributed by atoms with Crippen molar-refractivity contribution in [3.05, 3.63) is 130 Å². The predicted molar refractivity (Wildman–Crippen MR) is 111 cm³/mol. The van der Waals surface area contributed by atoms with Crippen LogP contribution in [0.5, 0.6) is 0 Å². The van der Waals surface area contributed by atoms with Crippen LogP contribution in [-0.2, 0) is 5.54 Å². The number of azide groups is 1. The number of hydrogen-bond acceptors (Lipinski definition) is 2. The first kappa shape index (κ1) is 17.5. The summed E-state index contributed by atoms with van der Waals surface area (Å²) in [5, 5.41) is 6.01. The molecule has 0 radical (unpaired) electrons. The molecule has 0 saturated carbocycles. The lowest BCUT2D eigenvalue weighted by Crippen LogP contribution is -2.35. The van der Waals surface area contributed by atoms with Gasteiger partial charge in [-0.3, -0.25) is 4.79 Å². The lowest BCUT2D eigenvalue weighted by molar-refractivity contribution is 0.0916. The van der Waals surface area contributed by atoms with Crippen LogP contribution in [0.3, 0.4) is 0 Å². The molecule has 4 nitrogen and oxygen atoms in total. The standard InChI is InChI=1S/C24H17N3O/c25-27-26-24(20-14-5-2-6-15-20,23(28)19-11-3-1-4-12-19)22-17-9-13-18-10-7-8-16-21(18)22/h1-17H. The summed E-state index contributed by atoms with van der Waals surface area (Å²) in [6, 6.07) is 31.7. The largest absolute Gasteiger partial charge is 0.293 e. The topological polar surface area (TPSA) is 65.8 Å². The van der Waals surface area contributed by atoms with Crippen LogP contribution in [0.1, 0.15) is 21.5 Å². The predicted octanol–water partition coefficient (Wildman–Crippen LogP) is 6.28. The lowest BCUT2D eigenvalue weighted by Gasteiger charge is -2.30. The highest BCUT2D eigenvalue weighted by Crippen LogP contribution is 2.41. The number of nitrogens with zero attached hydrogens (tertiary/aromatic N) is 3. The van der Waals surface area contributed by atoms with Crippen molar-refractivity contribution in [3.63, 3.8) is 0 Å². The molecule has 0 fully saturated rings. The molecule has 0 heterocycles. The Morgan fingerprint density at radius 1 is 0.750 bits per heavy atom. The first-order chi connectivity index (χ1) is 13.8. The van der Waals surface area contributed by atoms with Gasteiger partial charge in [0.1, 0.15) is 0 Å². The van der Waals surface area contributed by atoms with Gasteiger partial charge in [-0.2, -0.15) is 0 Å². The zero-order valence-electron chi connectivity index (χ0n) is 15.1. The number of Topliss-reactive ketones (excluding diaryl/α,β-unsaturated/α-hetero) is 1. The fourth-order valence-corrected chi connectivity index (χ4v) is 3.65. The Morgan fingerprint density at radius 2 is 1.36 bits per heavy atom. The minimum Gasteiger partial charge on any atom is -0.293 e. The Kier molecular flexibility index (Phi) is 4.63. The molecule has 4 aromatic carbocycles. The third-order valence-corrected chi connectivity index (χ3v) is 4.93. The molecule has 0 aliphatic heterocycles. The minimum absolute atomic E-state index is 0.256. The molecular formula is C24H17N3O. The molecule has 1 unspecified atom stereocenters. The Hall–Kier alpha value is -3.88. The van der Waals surface area contributed by atoms with Gasteiger partial charge in [0.2, 0.25) is 0 Å². The number of carbonyl (C=O) groups is 1. The number of ketones is 1. The van der Waals surface area contributed by atoms with Crippen molar-refractivity contribution in [2.24, 2.45) is 5.11 Å². The van der Waals surface area contributed by atoms with Gasteiger partial charge in [0.05, 0.1) is 0 Å². The van der Waals surface area contributed by atoms with Gasteiger partial charge >= 0.3 is 0 Å². The molecular weight excluding hydrogens is 346 g/mol. The maximum atomic E-state index is 13.8. The molecule has 4 aromatic rings. The molecule has 0 amide bonds. The van der Waals surface area contributed by atoms with E-state index in [0.29, 0.717) is 16.7 Å². The fourth-order valence-electron chi connectivity index (χ4n) is 3.65. The van der Waals surface area contributed by atoms with Gasteiger partial charge in [0.15, 0.2) is 11.3 Å². The monoisotopic (exact) mass is 363 g/mol. The van der Waals surface area contributed by atoms with Crippen LogP contribution in [0, 0.1) is 0 Å². The molecule has 0 N–H and O–H groups in total. The number of fused-ring (bicyclic) bond motifs is 1. The summed E-state index contributed by atoms with van der Waals surface area (Å²) < 4.78 is 0. The summed E-state index contributed by atoms with van der Waals surface area (Å²) in [6.07, 6.45) is 0. The van der Waals surface area contributed by atoms with E-state index < -0.39 is 5.54 Å². The van der Waals surface area contributed by atoms with Crippen molar-refractivity contribution in [1.82, 2.24) is 0 Å². The van der Waals surface area contributed by atoms with Crippen LogP contribution in [0.25, 0.3) is 21.2 Å². The molecule has 134 valence electrons. The van der Waals surface area contributed by atoms with Crippen molar-refractivity contribution in [2.45, 2.75) is 5.54 Å². The maximum absolute atomic E-state index is 13.8. The Labute approximate surface area is 162 Å². The van der Waals surface area contributed by atoms with Crippen molar-refractivity contribution in [2.75, 3.05) is 0 Å². The second-order valence-electron chi connectivity index (χ2n) is 6.49. The summed E-state index contributed by atoms with van der Waals surface area (Å²) in [5.41, 5.74) is 9.80. The van der Waals surface area contributed by atoms with Crippen LogP contribution in [-0.4, -0.2) is 5.78 Å². The third-order valence-electron chi connectivity index (χ3n) is 4.93. The summed E-state index contributed by atoms with van der Waals surface area (Å²) in [4.78, 5) is 17.0. The van der Waals surface area contributed by atoms with Gasteiger partial charge in [0, 0.05) is 10.5 Å². The first-order valence-electron chi connectivity index (χ1n) is 8.97. The van der Waals surface area contributed by atoms with Gasteiger partial charge in [-0.05, 0) is 27.4 Å². The van der Waals surface area contributed by atoms with Crippen molar-refractivity contribution in [3.8, 4) is 0 Å². The van der Waals surface area contributed by atoms with Crippen LogP contribution < -0.4 is 0 Å². The van der Waals surface area contributed by atoms with E-state index in [-0.39, 0.29) is 5.78 Å². The van der Waals surface area contributed by atoms with Crippen molar-refractivity contribution < 1.29 is 4.79 Å². The Morgan fingerprint density at radius 3 is 2.07 bits per heavy atom. The van der Waals surface area contributed by atoms with E-state index in [4.69, 9.17) is 0 Å². The summed E-state index contributed by atoms with van der Waals surface area (Å²) in [5.74, 6) is -0.256. The molecule has 0 aliphatic carbocycles. The van der Waals surface area contributed by atoms with Gasteiger partial charge < -0.3 is 0 Å². The SMILES string of the molecule is [N-]=[N+]=NC(C(=O)c1ccccc1)(c1ccccc1)c1cccc2ccccc12. The quantitative estimate of drug-likeness (QED) is 0.178. The molecule has 1 atom stereocenters. The highest BCUT2D eigenvalue weighted by atomic mass is 16.1. The zero-order valence-corrected chi connectivity index (χ0v) is 15.1. The number of rotatable bonds is 5. The van der Waals surface area contributed by atoms with Crippen molar-refractivity contribution in [1.29, 1.82) is 0 Å². The second-order valence-corrected chi connectivity index (χ2v) is 6.49. The number of hydrogen-bond donors (Lipinski definition) is 0. The van der Waals surface area contributed by atoms with Crippen LogP contribution in [0.4, 0.5) is 0 Å². The Balaban J connectivity index is 2.12. The molecule has 0 aromatic heterocycles. The normalized spacial score (nSPS) is 12.7. The average Bonchev–Trinajstić information content (AvgIpc) is 2.78. The van der Waals surface area contributed by atoms with E-state index in [1.54, 1.807) is 12.1 Å². The smallest absolute Gasteiger partial charge is 0.183 e. The third kappa shape index (κ3) is 2.82. The van der Waals surface area contributed by atoms with E-state index in [1.807, 2.05) is 91.0 Å².